The number of phenols is 1. The summed E-state index contributed by atoms with van der Waals surface area (Å²) in [5.41, 5.74) is 2.98. The molecular formula is C18H24O2. The fraction of sp³-hybridized carbons (Fsp3) is 0.667. The van der Waals surface area contributed by atoms with Crippen LogP contribution in [0.3, 0.4) is 0 Å². The third-order valence-corrected chi connectivity index (χ3v) is 6.66. The second-order valence-electron chi connectivity index (χ2n) is 7.44. The lowest BCUT2D eigenvalue weighted by molar-refractivity contribution is -0.0226. The number of rotatable bonds is 0. The van der Waals surface area contributed by atoms with Crippen LogP contribution in [0.2, 0.25) is 0 Å². The highest BCUT2D eigenvalue weighted by molar-refractivity contribution is 5.40. The van der Waals surface area contributed by atoms with E-state index < -0.39 is 0 Å². The van der Waals surface area contributed by atoms with Crippen LogP contribution in [0.4, 0.5) is 0 Å². The van der Waals surface area contributed by atoms with Crippen molar-refractivity contribution in [1.29, 1.82) is 0 Å². The van der Waals surface area contributed by atoms with Crippen LogP contribution in [0.5, 0.6) is 5.75 Å². The molecule has 0 saturated heterocycles. The molecule has 0 radical (unpaired) electrons. The summed E-state index contributed by atoms with van der Waals surface area (Å²) in [6, 6.07) is 5.93. The van der Waals surface area contributed by atoms with Gasteiger partial charge < -0.3 is 10.2 Å². The Morgan fingerprint density at radius 1 is 1.15 bits per heavy atom. The minimum atomic E-state index is -0.0981. The second-order valence-corrected chi connectivity index (χ2v) is 7.44. The van der Waals surface area contributed by atoms with E-state index in [9.17, 15) is 10.2 Å². The maximum Gasteiger partial charge on any atom is 0.115 e. The highest BCUT2D eigenvalue weighted by Gasteiger charge is 2.54. The molecule has 3 aliphatic carbocycles. The molecule has 0 heterocycles. The fourth-order valence-electron chi connectivity index (χ4n) is 5.53. The van der Waals surface area contributed by atoms with Gasteiger partial charge >= 0.3 is 0 Å². The predicted octanol–water partition coefficient (Wildman–Crippen LogP) is 3.61. The number of aromatic hydroxyl groups is 1. The number of aliphatic hydroxyl groups is 1. The molecule has 0 spiro atoms. The van der Waals surface area contributed by atoms with Gasteiger partial charge in [-0.1, -0.05) is 13.0 Å². The van der Waals surface area contributed by atoms with Gasteiger partial charge in [-0.2, -0.15) is 0 Å². The van der Waals surface area contributed by atoms with Gasteiger partial charge in [0.15, 0.2) is 0 Å². The zero-order chi connectivity index (χ0) is 13.9. The topological polar surface area (TPSA) is 40.5 Å². The maximum atomic E-state index is 10.4. The number of fused-ring (bicyclic) bond motifs is 5. The van der Waals surface area contributed by atoms with Crippen molar-refractivity contribution in [3.05, 3.63) is 29.3 Å². The number of aryl methyl sites for hydroxylation is 1. The van der Waals surface area contributed by atoms with E-state index in [0.717, 1.165) is 19.3 Å². The van der Waals surface area contributed by atoms with Crippen LogP contribution < -0.4 is 0 Å². The number of aliphatic hydroxyl groups excluding tert-OH is 1. The average molecular weight is 272 g/mol. The quantitative estimate of drug-likeness (QED) is 0.757. The van der Waals surface area contributed by atoms with E-state index in [2.05, 4.69) is 13.0 Å². The summed E-state index contributed by atoms with van der Waals surface area (Å²) in [6.07, 6.45) is 6.78. The Labute approximate surface area is 120 Å². The van der Waals surface area contributed by atoms with E-state index in [4.69, 9.17) is 0 Å². The molecule has 20 heavy (non-hydrogen) atoms. The molecule has 108 valence electrons. The third kappa shape index (κ3) is 1.60. The molecule has 2 fully saturated rings. The van der Waals surface area contributed by atoms with E-state index in [1.54, 1.807) is 0 Å². The van der Waals surface area contributed by atoms with E-state index in [-0.39, 0.29) is 11.5 Å². The molecule has 0 bridgehead atoms. The maximum absolute atomic E-state index is 10.4. The molecule has 5 atom stereocenters. The van der Waals surface area contributed by atoms with Crippen molar-refractivity contribution in [2.45, 2.75) is 57.5 Å². The first-order valence-electron chi connectivity index (χ1n) is 8.09. The van der Waals surface area contributed by atoms with Gasteiger partial charge in [-0.05, 0) is 85.0 Å². The highest BCUT2D eigenvalue weighted by Crippen LogP contribution is 2.60. The standard InChI is InChI=1S/C18H24O2/c1-18-9-8-13-14(16(18)6-7-17(18)20)5-3-11-2-4-12(19)10-15(11)13/h2,4,10,13-14,16-17,19-20H,3,5-9H2,1H3/t13-,14+,16-,17?,18-/m0/s1. The van der Waals surface area contributed by atoms with Crippen molar-refractivity contribution in [2.24, 2.45) is 17.3 Å². The van der Waals surface area contributed by atoms with Gasteiger partial charge in [0.25, 0.3) is 0 Å². The Kier molecular flexibility index (Phi) is 2.69. The molecule has 1 aromatic rings. The van der Waals surface area contributed by atoms with Gasteiger partial charge in [0, 0.05) is 0 Å². The summed E-state index contributed by atoms with van der Waals surface area (Å²) in [5.74, 6) is 2.39. The molecule has 1 unspecified atom stereocenters. The lowest BCUT2D eigenvalue weighted by Gasteiger charge is -2.50. The summed E-state index contributed by atoms with van der Waals surface area (Å²) in [5, 5.41) is 20.2. The number of hydrogen-bond donors (Lipinski definition) is 2. The van der Waals surface area contributed by atoms with Crippen molar-refractivity contribution < 1.29 is 10.2 Å². The molecule has 0 aromatic heterocycles. The van der Waals surface area contributed by atoms with E-state index in [1.165, 1.54) is 30.4 Å². The van der Waals surface area contributed by atoms with Gasteiger partial charge in [0.05, 0.1) is 6.10 Å². The van der Waals surface area contributed by atoms with Crippen LogP contribution in [0, 0.1) is 17.3 Å². The monoisotopic (exact) mass is 272 g/mol. The molecule has 2 saturated carbocycles. The summed E-state index contributed by atoms with van der Waals surface area (Å²) in [4.78, 5) is 0. The molecule has 2 nitrogen and oxygen atoms in total. The highest BCUT2D eigenvalue weighted by atomic mass is 16.3. The van der Waals surface area contributed by atoms with Crippen LogP contribution in [-0.2, 0) is 6.42 Å². The van der Waals surface area contributed by atoms with Gasteiger partial charge in [0.1, 0.15) is 5.75 Å². The molecule has 3 aliphatic rings. The van der Waals surface area contributed by atoms with Crippen molar-refractivity contribution in [1.82, 2.24) is 0 Å². The van der Waals surface area contributed by atoms with Gasteiger partial charge in [0.2, 0.25) is 0 Å². The second kappa shape index (κ2) is 4.24. The van der Waals surface area contributed by atoms with Crippen molar-refractivity contribution in [3.8, 4) is 5.75 Å². The number of phenolic OH excluding ortho intramolecular Hbond substituents is 1. The molecule has 1 aromatic carbocycles. The zero-order valence-electron chi connectivity index (χ0n) is 12.2. The van der Waals surface area contributed by atoms with Crippen LogP contribution in [0.1, 0.15) is 56.1 Å². The van der Waals surface area contributed by atoms with Gasteiger partial charge in [-0.15, -0.1) is 0 Å². The average Bonchev–Trinajstić information content (AvgIpc) is 2.74. The Hall–Kier alpha value is -1.02. The first kappa shape index (κ1) is 12.7. The first-order valence-corrected chi connectivity index (χ1v) is 8.09. The SMILES string of the molecule is C[C@]12CC[C@@H]3c4cc(O)ccc4CC[C@H]3[C@@H]1CCC2O. The Balaban J connectivity index is 1.73. The molecular weight excluding hydrogens is 248 g/mol. The zero-order valence-corrected chi connectivity index (χ0v) is 12.2. The number of hydrogen-bond acceptors (Lipinski definition) is 2. The first-order chi connectivity index (χ1) is 9.59. The molecule has 0 amide bonds. The van der Waals surface area contributed by atoms with Crippen molar-refractivity contribution in [3.63, 3.8) is 0 Å². The largest absolute Gasteiger partial charge is 0.508 e. The van der Waals surface area contributed by atoms with Crippen molar-refractivity contribution in [2.75, 3.05) is 0 Å². The van der Waals surface area contributed by atoms with Crippen LogP contribution in [0.25, 0.3) is 0 Å². The molecule has 4 rings (SSSR count). The lowest BCUT2D eigenvalue weighted by Crippen LogP contribution is -2.43. The van der Waals surface area contributed by atoms with Crippen LogP contribution in [0.15, 0.2) is 18.2 Å². The van der Waals surface area contributed by atoms with Crippen LogP contribution >= 0.6 is 0 Å². The van der Waals surface area contributed by atoms with E-state index in [1.807, 2.05) is 12.1 Å². The minimum absolute atomic E-state index is 0.0981. The third-order valence-electron chi connectivity index (χ3n) is 6.66. The molecule has 2 heteroatoms. The number of benzene rings is 1. The summed E-state index contributed by atoms with van der Waals surface area (Å²) < 4.78 is 0. The fourth-order valence-corrected chi connectivity index (χ4v) is 5.53. The van der Waals surface area contributed by atoms with E-state index >= 15 is 0 Å². The van der Waals surface area contributed by atoms with Gasteiger partial charge in [-0.25, -0.2) is 0 Å². The molecule has 2 N–H and O–H groups in total. The lowest BCUT2D eigenvalue weighted by atomic mass is 9.55. The van der Waals surface area contributed by atoms with Crippen molar-refractivity contribution >= 4 is 0 Å². The minimum Gasteiger partial charge on any atom is -0.508 e. The van der Waals surface area contributed by atoms with E-state index in [0.29, 0.717) is 23.5 Å². The molecule has 0 aliphatic heterocycles. The Bertz CT molecular complexity index is 538. The smallest absolute Gasteiger partial charge is 0.115 e. The summed E-state index contributed by atoms with van der Waals surface area (Å²) in [6.45, 7) is 2.31. The normalized spacial score (nSPS) is 42.7. The predicted molar refractivity (Wildman–Crippen MR) is 78.7 cm³/mol. The summed E-state index contributed by atoms with van der Waals surface area (Å²) in [7, 11) is 0. The Morgan fingerprint density at radius 2 is 2.00 bits per heavy atom. The van der Waals surface area contributed by atoms with Crippen LogP contribution in [-0.4, -0.2) is 16.3 Å². The Morgan fingerprint density at radius 3 is 2.85 bits per heavy atom. The van der Waals surface area contributed by atoms with Gasteiger partial charge in [-0.3, -0.25) is 0 Å². The summed E-state index contributed by atoms with van der Waals surface area (Å²) >= 11 is 0.